The number of rotatable bonds is 7. The predicted octanol–water partition coefficient (Wildman–Crippen LogP) is 0.686. The zero-order valence-corrected chi connectivity index (χ0v) is 11.3. The summed E-state index contributed by atoms with van der Waals surface area (Å²) in [7, 11) is 3.68. The van der Waals surface area contributed by atoms with Crippen molar-refractivity contribution in [3.05, 3.63) is 22.4 Å². The highest BCUT2D eigenvalue weighted by Gasteiger charge is 2.16. The molecular weight excluding hydrogens is 234 g/mol. The second-order valence-corrected chi connectivity index (χ2v) is 5.11. The van der Waals surface area contributed by atoms with Crippen molar-refractivity contribution in [3.63, 3.8) is 0 Å². The summed E-state index contributed by atoms with van der Waals surface area (Å²) >= 11 is 1.77. The van der Waals surface area contributed by atoms with Gasteiger partial charge in [0, 0.05) is 37.5 Å². The third-order valence-electron chi connectivity index (χ3n) is 2.89. The third-order valence-corrected chi connectivity index (χ3v) is 3.82. The van der Waals surface area contributed by atoms with Crippen molar-refractivity contribution in [2.45, 2.75) is 18.9 Å². The number of thiophene rings is 1. The topological polar surface area (TPSA) is 58.4 Å². The third kappa shape index (κ3) is 4.85. The normalized spacial score (nSPS) is 12.7. The van der Waals surface area contributed by atoms with E-state index in [1.807, 2.05) is 7.05 Å². The van der Waals surface area contributed by atoms with E-state index in [4.69, 9.17) is 5.73 Å². The van der Waals surface area contributed by atoms with Crippen LogP contribution < -0.4 is 11.1 Å². The molecule has 0 radical (unpaired) electrons. The van der Waals surface area contributed by atoms with Crippen LogP contribution in [0.15, 0.2) is 17.5 Å². The average Bonchev–Trinajstić information content (AvgIpc) is 2.85. The minimum absolute atomic E-state index is 0.0448. The van der Waals surface area contributed by atoms with Gasteiger partial charge in [-0.15, -0.1) is 11.3 Å². The molecule has 1 aromatic rings. The molecule has 1 amide bonds. The SMILES string of the molecule is CNC(=O)CC(CN)N(C)CCc1cccs1. The first kappa shape index (κ1) is 14.2. The Labute approximate surface area is 107 Å². The molecule has 0 aromatic carbocycles. The molecule has 0 aliphatic rings. The first-order valence-electron chi connectivity index (χ1n) is 5.80. The summed E-state index contributed by atoms with van der Waals surface area (Å²) in [5.74, 6) is 0.0448. The van der Waals surface area contributed by atoms with Crippen molar-refractivity contribution in [2.24, 2.45) is 5.73 Å². The van der Waals surface area contributed by atoms with Crippen LogP contribution in [-0.4, -0.2) is 44.0 Å². The maximum absolute atomic E-state index is 11.3. The Hall–Kier alpha value is -0.910. The number of carbonyl (C=O) groups excluding carboxylic acids is 1. The van der Waals surface area contributed by atoms with Crippen molar-refractivity contribution in [1.82, 2.24) is 10.2 Å². The molecule has 1 rings (SSSR count). The molecule has 0 aliphatic carbocycles. The van der Waals surface area contributed by atoms with Crippen LogP contribution in [0.4, 0.5) is 0 Å². The predicted molar refractivity (Wildman–Crippen MR) is 72.2 cm³/mol. The lowest BCUT2D eigenvalue weighted by molar-refractivity contribution is -0.121. The van der Waals surface area contributed by atoms with Gasteiger partial charge >= 0.3 is 0 Å². The van der Waals surface area contributed by atoms with Crippen molar-refractivity contribution >= 4 is 17.2 Å². The molecule has 3 N–H and O–H groups in total. The van der Waals surface area contributed by atoms with Gasteiger partial charge in [-0.1, -0.05) is 6.07 Å². The van der Waals surface area contributed by atoms with Gasteiger partial charge in [0.25, 0.3) is 0 Å². The summed E-state index contributed by atoms with van der Waals surface area (Å²) in [5.41, 5.74) is 5.71. The largest absolute Gasteiger partial charge is 0.359 e. The van der Waals surface area contributed by atoms with Gasteiger partial charge in [-0.2, -0.15) is 0 Å². The molecule has 1 heterocycles. The summed E-state index contributed by atoms with van der Waals surface area (Å²) < 4.78 is 0. The average molecular weight is 255 g/mol. The Morgan fingerprint density at radius 2 is 2.41 bits per heavy atom. The van der Waals surface area contributed by atoms with Gasteiger partial charge in [-0.3, -0.25) is 4.79 Å². The van der Waals surface area contributed by atoms with Gasteiger partial charge in [0.05, 0.1) is 0 Å². The van der Waals surface area contributed by atoms with Crippen molar-refractivity contribution in [2.75, 3.05) is 27.2 Å². The number of hydrogen-bond acceptors (Lipinski definition) is 4. The molecule has 17 heavy (non-hydrogen) atoms. The Morgan fingerprint density at radius 1 is 1.65 bits per heavy atom. The minimum Gasteiger partial charge on any atom is -0.359 e. The maximum Gasteiger partial charge on any atom is 0.221 e. The Bertz CT molecular complexity index is 327. The summed E-state index contributed by atoms with van der Waals surface area (Å²) in [5, 5.41) is 4.72. The summed E-state index contributed by atoms with van der Waals surface area (Å²) in [6.45, 7) is 1.44. The van der Waals surface area contributed by atoms with Crippen LogP contribution >= 0.6 is 11.3 Å². The van der Waals surface area contributed by atoms with Gasteiger partial charge in [0.1, 0.15) is 0 Å². The van der Waals surface area contributed by atoms with Gasteiger partial charge < -0.3 is 16.0 Å². The second kappa shape index (κ2) is 7.42. The van der Waals surface area contributed by atoms with E-state index in [0.717, 1.165) is 13.0 Å². The number of hydrogen-bond donors (Lipinski definition) is 2. The molecule has 0 saturated carbocycles. The van der Waals surface area contributed by atoms with Crippen molar-refractivity contribution in [3.8, 4) is 0 Å². The molecule has 1 atom stereocenters. The highest BCUT2D eigenvalue weighted by atomic mass is 32.1. The van der Waals surface area contributed by atoms with E-state index in [-0.39, 0.29) is 11.9 Å². The van der Waals surface area contributed by atoms with Crippen LogP contribution in [0, 0.1) is 0 Å². The van der Waals surface area contributed by atoms with Crippen LogP contribution in [0.3, 0.4) is 0 Å². The zero-order chi connectivity index (χ0) is 12.7. The lowest BCUT2D eigenvalue weighted by Crippen LogP contribution is -2.42. The molecule has 5 heteroatoms. The van der Waals surface area contributed by atoms with Crippen LogP contribution in [0.1, 0.15) is 11.3 Å². The lowest BCUT2D eigenvalue weighted by Gasteiger charge is -2.26. The number of nitrogens with two attached hydrogens (primary N) is 1. The molecule has 0 saturated heterocycles. The number of nitrogens with zero attached hydrogens (tertiary/aromatic N) is 1. The fraction of sp³-hybridized carbons (Fsp3) is 0.583. The fourth-order valence-electron chi connectivity index (χ4n) is 1.66. The number of likely N-dealkylation sites (N-methyl/N-ethyl adjacent to an activating group) is 1. The van der Waals surface area contributed by atoms with Gasteiger partial charge in [-0.05, 0) is 24.9 Å². The summed E-state index contributed by atoms with van der Waals surface area (Å²) in [4.78, 5) is 14.9. The van der Waals surface area contributed by atoms with Gasteiger partial charge in [0.15, 0.2) is 0 Å². The molecule has 4 nitrogen and oxygen atoms in total. The van der Waals surface area contributed by atoms with Crippen molar-refractivity contribution in [1.29, 1.82) is 0 Å². The lowest BCUT2D eigenvalue weighted by atomic mass is 10.1. The number of nitrogens with one attached hydrogen (secondary N) is 1. The highest BCUT2D eigenvalue weighted by Crippen LogP contribution is 2.10. The fourth-order valence-corrected chi connectivity index (χ4v) is 2.36. The van der Waals surface area contributed by atoms with E-state index in [1.54, 1.807) is 18.4 Å². The number of amides is 1. The first-order chi connectivity index (χ1) is 8.17. The first-order valence-corrected chi connectivity index (χ1v) is 6.68. The van der Waals surface area contributed by atoms with Gasteiger partial charge in [0.2, 0.25) is 5.91 Å². The Balaban J connectivity index is 2.37. The van der Waals surface area contributed by atoms with E-state index in [1.165, 1.54) is 4.88 Å². The molecule has 0 fully saturated rings. The zero-order valence-electron chi connectivity index (χ0n) is 10.5. The Morgan fingerprint density at radius 3 is 2.94 bits per heavy atom. The summed E-state index contributed by atoms with van der Waals surface area (Å²) in [6, 6.07) is 4.31. The second-order valence-electron chi connectivity index (χ2n) is 4.08. The van der Waals surface area contributed by atoms with E-state index >= 15 is 0 Å². The molecule has 1 unspecified atom stereocenters. The van der Waals surface area contributed by atoms with E-state index < -0.39 is 0 Å². The van der Waals surface area contributed by atoms with Crippen LogP contribution in [0.5, 0.6) is 0 Å². The highest BCUT2D eigenvalue weighted by molar-refractivity contribution is 7.09. The molecular formula is C12H21N3OS. The summed E-state index contributed by atoms with van der Waals surface area (Å²) in [6.07, 6.45) is 1.48. The quantitative estimate of drug-likeness (QED) is 0.753. The minimum atomic E-state index is 0.0448. The smallest absolute Gasteiger partial charge is 0.221 e. The van der Waals surface area contributed by atoms with Gasteiger partial charge in [-0.25, -0.2) is 0 Å². The van der Waals surface area contributed by atoms with Crippen molar-refractivity contribution < 1.29 is 4.79 Å². The van der Waals surface area contributed by atoms with E-state index in [9.17, 15) is 4.79 Å². The molecule has 0 bridgehead atoms. The monoisotopic (exact) mass is 255 g/mol. The standard InChI is InChI=1S/C12H21N3OS/c1-14-12(16)8-10(9-13)15(2)6-5-11-4-3-7-17-11/h3-4,7,10H,5-6,8-9,13H2,1-2H3,(H,14,16). The Kier molecular flexibility index (Phi) is 6.18. The van der Waals surface area contributed by atoms with Crippen LogP contribution in [0.25, 0.3) is 0 Å². The van der Waals surface area contributed by atoms with Crippen LogP contribution in [-0.2, 0) is 11.2 Å². The van der Waals surface area contributed by atoms with Crippen LogP contribution in [0.2, 0.25) is 0 Å². The molecule has 1 aromatic heterocycles. The molecule has 96 valence electrons. The van der Waals surface area contributed by atoms with E-state index in [0.29, 0.717) is 13.0 Å². The molecule has 0 spiro atoms. The van der Waals surface area contributed by atoms with E-state index in [2.05, 4.69) is 27.7 Å². The maximum atomic E-state index is 11.3. The molecule has 0 aliphatic heterocycles. The number of carbonyl (C=O) groups is 1.